The first-order valence-corrected chi connectivity index (χ1v) is 7.44. The summed E-state index contributed by atoms with van der Waals surface area (Å²) < 4.78 is 19.4. The van der Waals surface area contributed by atoms with E-state index in [1.807, 2.05) is 13.0 Å². The van der Waals surface area contributed by atoms with Gasteiger partial charge in [0.05, 0.1) is 12.2 Å². The molecule has 1 saturated heterocycles. The fraction of sp³-hybridized carbons (Fsp3) is 0.625. The highest BCUT2D eigenvalue weighted by atomic mass is 19.1. The maximum absolute atomic E-state index is 13.8. The molecule has 0 aliphatic carbocycles. The van der Waals surface area contributed by atoms with Gasteiger partial charge < -0.3 is 9.84 Å². The van der Waals surface area contributed by atoms with Crippen LogP contribution in [0.1, 0.15) is 31.7 Å². The molecule has 0 radical (unpaired) electrons. The molecule has 1 aliphatic heterocycles. The van der Waals surface area contributed by atoms with E-state index in [-0.39, 0.29) is 18.0 Å². The van der Waals surface area contributed by atoms with Crippen LogP contribution in [-0.4, -0.2) is 41.9 Å². The van der Waals surface area contributed by atoms with Gasteiger partial charge in [0.2, 0.25) is 0 Å². The zero-order valence-electron chi connectivity index (χ0n) is 12.1. The third kappa shape index (κ3) is 4.54. The highest BCUT2D eigenvalue weighted by Crippen LogP contribution is 2.17. The Morgan fingerprint density at radius 1 is 1.45 bits per heavy atom. The number of aliphatic hydroxyl groups excluding tert-OH is 1. The lowest BCUT2D eigenvalue weighted by molar-refractivity contribution is 0.0450. The number of rotatable bonds is 7. The standard InChI is InChI=1S/C16H24FNO2/c1-2-14(19)11-18(12-15-7-5-9-20-15)10-13-6-3-4-8-16(13)17/h3-4,6,8,14-15,19H,2,5,7,9-12H2,1H3. The Balaban J connectivity index is 1.99. The van der Waals surface area contributed by atoms with Crippen molar-refractivity contribution in [2.24, 2.45) is 0 Å². The highest BCUT2D eigenvalue weighted by molar-refractivity contribution is 5.17. The summed E-state index contributed by atoms with van der Waals surface area (Å²) in [6.45, 7) is 4.60. The molecule has 1 aromatic carbocycles. The quantitative estimate of drug-likeness (QED) is 0.834. The largest absolute Gasteiger partial charge is 0.392 e. The third-order valence-electron chi connectivity index (χ3n) is 3.78. The summed E-state index contributed by atoms with van der Waals surface area (Å²) in [6, 6.07) is 6.83. The summed E-state index contributed by atoms with van der Waals surface area (Å²) in [5, 5.41) is 9.87. The molecule has 1 N–H and O–H groups in total. The normalized spacial score (nSPS) is 20.5. The second-order valence-corrected chi connectivity index (χ2v) is 5.48. The summed E-state index contributed by atoms with van der Waals surface area (Å²) in [6.07, 6.45) is 2.69. The van der Waals surface area contributed by atoms with E-state index in [2.05, 4.69) is 4.90 Å². The van der Waals surface area contributed by atoms with Crippen LogP contribution in [0.3, 0.4) is 0 Å². The van der Waals surface area contributed by atoms with Gasteiger partial charge in [-0.2, -0.15) is 0 Å². The van der Waals surface area contributed by atoms with Crippen molar-refractivity contribution in [3.8, 4) is 0 Å². The van der Waals surface area contributed by atoms with Crippen molar-refractivity contribution in [1.29, 1.82) is 0 Å². The number of nitrogens with zero attached hydrogens (tertiary/aromatic N) is 1. The number of benzene rings is 1. The van der Waals surface area contributed by atoms with Crippen LogP contribution in [0.4, 0.5) is 4.39 Å². The number of hydrogen-bond donors (Lipinski definition) is 1. The average molecular weight is 281 g/mol. The molecule has 2 atom stereocenters. The second-order valence-electron chi connectivity index (χ2n) is 5.48. The average Bonchev–Trinajstić information content (AvgIpc) is 2.94. The molecule has 0 spiro atoms. The van der Waals surface area contributed by atoms with Gasteiger partial charge in [-0.15, -0.1) is 0 Å². The molecule has 0 saturated carbocycles. The van der Waals surface area contributed by atoms with E-state index in [1.54, 1.807) is 12.1 Å². The van der Waals surface area contributed by atoms with Crippen LogP contribution in [0.2, 0.25) is 0 Å². The summed E-state index contributed by atoms with van der Waals surface area (Å²) in [7, 11) is 0. The van der Waals surface area contributed by atoms with Crippen LogP contribution < -0.4 is 0 Å². The maximum atomic E-state index is 13.8. The number of hydrogen-bond acceptors (Lipinski definition) is 3. The van der Waals surface area contributed by atoms with Gasteiger partial charge in [0, 0.05) is 31.8 Å². The Morgan fingerprint density at radius 3 is 2.90 bits per heavy atom. The van der Waals surface area contributed by atoms with Gasteiger partial charge in [-0.25, -0.2) is 4.39 Å². The molecule has 1 heterocycles. The van der Waals surface area contributed by atoms with Gasteiger partial charge in [-0.1, -0.05) is 25.1 Å². The Bertz CT molecular complexity index is 407. The smallest absolute Gasteiger partial charge is 0.127 e. The fourth-order valence-electron chi connectivity index (χ4n) is 2.57. The van der Waals surface area contributed by atoms with Gasteiger partial charge in [0.1, 0.15) is 5.82 Å². The molecule has 1 fully saturated rings. The van der Waals surface area contributed by atoms with Gasteiger partial charge in [0.25, 0.3) is 0 Å². The van der Waals surface area contributed by atoms with Crippen molar-refractivity contribution in [3.05, 3.63) is 35.6 Å². The molecule has 2 rings (SSSR count). The first-order chi connectivity index (χ1) is 9.69. The van der Waals surface area contributed by atoms with Crippen LogP contribution in [0, 0.1) is 5.82 Å². The minimum Gasteiger partial charge on any atom is -0.392 e. The first kappa shape index (κ1) is 15.4. The van der Waals surface area contributed by atoms with E-state index in [4.69, 9.17) is 4.74 Å². The fourth-order valence-corrected chi connectivity index (χ4v) is 2.57. The molecule has 0 amide bonds. The minimum absolute atomic E-state index is 0.184. The van der Waals surface area contributed by atoms with Crippen molar-refractivity contribution in [1.82, 2.24) is 4.90 Å². The van der Waals surface area contributed by atoms with E-state index in [0.29, 0.717) is 25.1 Å². The predicted molar refractivity (Wildman–Crippen MR) is 76.9 cm³/mol. The van der Waals surface area contributed by atoms with Gasteiger partial charge in [-0.3, -0.25) is 4.90 Å². The molecule has 0 bridgehead atoms. The van der Waals surface area contributed by atoms with E-state index in [1.165, 1.54) is 6.07 Å². The minimum atomic E-state index is -0.372. The van der Waals surface area contributed by atoms with Gasteiger partial charge >= 0.3 is 0 Å². The molecule has 0 aromatic heterocycles. The summed E-state index contributed by atoms with van der Waals surface area (Å²) in [4.78, 5) is 2.10. The second kappa shape index (κ2) is 7.72. The third-order valence-corrected chi connectivity index (χ3v) is 3.78. The lowest BCUT2D eigenvalue weighted by atomic mass is 10.1. The Morgan fingerprint density at radius 2 is 2.25 bits per heavy atom. The zero-order valence-corrected chi connectivity index (χ0v) is 12.1. The molecule has 3 nitrogen and oxygen atoms in total. The van der Waals surface area contributed by atoms with Crippen LogP contribution in [0.5, 0.6) is 0 Å². The lowest BCUT2D eigenvalue weighted by Gasteiger charge is -2.27. The number of aliphatic hydroxyl groups is 1. The Kier molecular flexibility index (Phi) is 5.95. The predicted octanol–water partition coefficient (Wildman–Crippen LogP) is 2.58. The molecule has 112 valence electrons. The Hall–Kier alpha value is -0.970. The highest BCUT2D eigenvalue weighted by Gasteiger charge is 2.21. The number of ether oxygens (including phenoxy) is 1. The zero-order chi connectivity index (χ0) is 14.4. The van der Waals surface area contributed by atoms with Crippen LogP contribution in [0.25, 0.3) is 0 Å². The molecular weight excluding hydrogens is 257 g/mol. The maximum Gasteiger partial charge on any atom is 0.127 e. The van der Waals surface area contributed by atoms with Crippen molar-refractivity contribution in [2.75, 3.05) is 19.7 Å². The number of halogens is 1. The van der Waals surface area contributed by atoms with Crippen molar-refractivity contribution < 1.29 is 14.2 Å². The topological polar surface area (TPSA) is 32.7 Å². The van der Waals surface area contributed by atoms with Gasteiger partial charge in [-0.05, 0) is 25.3 Å². The van der Waals surface area contributed by atoms with Crippen molar-refractivity contribution in [2.45, 2.75) is 44.9 Å². The lowest BCUT2D eigenvalue weighted by Crippen LogP contribution is -2.37. The summed E-state index contributed by atoms with van der Waals surface area (Å²) in [5.74, 6) is -0.184. The molecule has 4 heteroatoms. The van der Waals surface area contributed by atoms with E-state index in [9.17, 15) is 9.50 Å². The van der Waals surface area contributed by atoms with Crippen LogP contribution in [-0.2, 0) is 11.3 Å². The van der Waals surface area contributed by atoms with Crippen molar-refractivity contribution in [3.63, 3.8) is 0 Å². The molecule has 1 aromatic rings. The van der Waals surface area contributed by atoms with E-state index in [0.717, 1.165) is 26.0 Å². The molecule has 2 unspecified atom stereocenters. The molecule has 20 heavy (non-hydrogen) atoms. The monoisotopic (exact) mass is 281 g/mol. The van der Waals surface area contributed by atoms with E-state index < -0.39 is 0 Å². The SMILES string of the molecule is CCC(O)CN(Cc1ccccc1F)CC1CCCO1. The van der Waals surface area contributed by atoms with Crippen molar-refractivity contribution >= 4 is 0 Å². The van der Waals surface area contributed by atoms with Crippen LogP contribution in [0.15, 0.2) is 24.3 Å². The first-order valence-electron chi connectivity index (χ1n) is 7.44. The summed E-state index contributed by atoms with van der Waals surface area (Å²) in [5.41, 5.74) is 0.675. The molecule has 1 aliphatic rings. The van der Waals surface area contributed by atoms with E-state index >= 15 is 0 Å². The van der Waals surface area contributed by atoms with Gasteiger partial charge in [0.15, 0.2) is 0 Å². The van der Waals surface area contributed by atoms with Crippen LogP contribution >= 0.6 is 0 Å². The Labute approximate surface area is 120 Å². The molecular formula is C16H24FNO2. The summed E-state index contributed by atoms with van der Waals surface area (Å²) >= 11 is 0.